The average Bonchev–Trinajstić information content (AvgIpc) is 2.46. The van der Waals surface area contributed by atoms with Crippen LogP contribution in [0.2, 0.25) is 0 Å². The van der Waals surface area contributed by atoms with Gasteiger partial charge in [0.2, 0.25) is 0 Å². The fourth-order valence-corrected chi connectivity index (χ4v) is 2.33. The van der Waals surface area contributed by atoms with Gasteiger partial charge in [-0.25, -0.2) is 9.59 Å². The Morgan fingerprint density at radius 3 is 2.11 bits per heavy atom. The molecule has 0 N–H and O–H groups in total. The third kappa shape index (κ3) is 9.31. The van der Waals surface area contributed by atoms with Gasteiger partial charge in [-0.1, -0.05) is 23.8 Å². The summed E-state index contributed by atoms with van der Waals surface area (Å²) in [5.41, 5.74) is 2.17. The molecule has 0 aliphatic rings. The van der Waals surface area contributed by atoms with Crippen LogP contribution in [0.5, 0.6) is 0 Å². The van der Waals surface area contributed by atoms with Gasteiger partial charge < -0.3 is 14.3 Å². The fraction of sp³-hybridized carbons (Fsp3) is 0.619. The molecule has 0 aliphatic carbocycles. The van der Waals surface area contributed by atoms with Gasteiger partial charge in [0.05, 0.1) is 6.54 Å². The Hall–Kier alpha value is -2.24. The van der Waals surface area contributed by atoms with Crippen molar-refractivity contribution in [3.05, 3.63) is 34.9 Å². The van der Waals surface area contributed by atoms with E-state index in [-0.39, 0.29) is 6.54 Å². The number of nitrogens with zero attached hydrogens (tertiary/aromatic N) is 1. The van der Waals surface area contributed by atoms with Crippen molar-refractivity contribution in [2.45, 2.75) is 79.4 Å². The Kier molecular flexibility index (Phi) is 7.69. The van der Waals surface area contributed by atoms with Crippen molar-refractivity contribution in [2.75, 3.05) is 6.54 Å². The molecule has 27 heavy (non-hydrogen) atoms. The lowest BCUT2D eigenvalue weighted by Crippen LogP contribution is -2.40. The highest BCUT2D eigenvalue weighted by Gasteiger charge is 2.27. The van der Waals surface area contributed by atoms with Crippen LogP contribution in [-0.2, 0) is 20.7 Å². The molecule has 0 radical (unpaired) electrons. The van der Waals surface area contributed by atoms with Gasteiger partial charge in [-0.3, -0.25) is 0 Å². The van der Waals surface area contributed by atoms with Gasteiger partial charge in [-0.2, -0.15) is 0 Å². The van der Waals surface area contributed by atoms with Crippen LogP contribution in [0.4, 0.5) is 9.59 Å². The van der Waals surface area contributed by atoms with E-state index < -0.39 is 23.5 Å². The first-order valence-electron chi connectivity index (χ1n) is 9.24. The van der Waals surface area contributed by atoms with Crippen molar-refractivity contribution >= 4 is 12.2 Å². The molecule has 1 aromatic carbocycles. The maximum atomic E-state index is 12.4. The molecule has 0 bridgehead atoms. The molecule has 0 spiro atoms. The molecule has 1 aromatic rings. The molecule has 0 saturated carbocycles. The maximum Gasteiger partial charge on any atom is 0.534 e. The minimum Gasteiger partial charge on any atom is -0.442 e. The van der Waals surface area contributed by atoms with Gasteiger partial charge in [-0.05, 0) is 79.4 Å². The van der Waals surface area contributed by atoms with Gasteiger partial charge in [0.1, 0.15) is 11.2 Å². The molecular formula is C21H33NO5. The Morgan fingerprint density at radius 1 is 0.963 bits per heavy atom. The average molecular weight is 379 g/mol. The van der Waals surface area contributed by atoms with Crippen molar-refractivity contribution in [2.24, 2.45) is 0 Å². The molecule has 6 heteroatoms. The summed E-state index contributed by atoms with van der Waals surface area (Å²) in [4.78, 5) is 29.5. The van der Waals surface area contributed by atoms with Crippen LogP contribution in [0.3, 0.4) is 0 Å². The van der Waals surface area contributed by atoms with Gasteiger partial charge in [0.15, 0.2) is 0 Å². The van der Waals surface area contributed by atoms with Crippen LogP contribution in [0.15, 0.2) is 18.2 Å². The third-order valence-corrected chi connectivity index (χ3v) is 3.48. The molecule has 0 heterocycles. The smallest absolute Gasteiger partial charge is 0.442 e. The largest absolute Gasteiger partial charge is 0.534 e. The van der Waals surface area contributed by atoms with Crippen LogP contribution in [0.25, 0.3) is 0 Å². The van der Waals surface area contributed by atoms with E-state index in [0.29, 0.717) is 6.42 Å². The van der Waals surface area contributed by atoms with E-state index in [1.54, 1.807) is 41.5 Å². The highest BCUT2D eigenvalue weighted by Crippen LogP contribution is 2.16. The SMILES string of the molecule is Cc1ccc(C)c(CCCN(OC(=O)OC(C)(C)C)C(=O)OC(C)(C)C)c1. The number of amides is 1. The number of hydrogen-bond acceptors (Lipinski definition) is 5. The first-order chi connectivity index (χ1) is 12.3. The first kappa shape index (κ1) is 22.8. The molecule has 0 saturated heterocycles. The van der Waals surface area contributed by atoms with Crippen LogP contribution >= 0.6 is 0 Å². The van der Waals surface area contributed by atoms with Gasteiger partial charge in [-0.15, -0.1) is 5.06 Å². The molecular weight excluding hydrogens is 346 g/mol. The zero-order valence-corrected chi connectivity index (χ0v) is 17.8. The van der Waals surface area contributed by atoms with Crippen molar-refractivity contribution in [1.29, 1.82) is 0 Å². The summed E-state index contributed by atoms with van der Waals surface area (Å²) < 4.78 is 10.5. The second-order valence-electron chi connectivity index (χ2n) is 8.67. The molecule has 0 aliphatic heterocycles. The number of rotatable bonds is 4. The number of benzene rings is 1. The standard InChI is InChI=1S/C21H33NO5/c1-15-11-12-16(2)17(14-15)10-9-13-22(18(23)25-20(3,4)5)27-19(24)26-21(6,7)8/h11-12,14H,9-10,13H2,1-8H3. The molecule has 0 unspecified atom stereocenters. The van der Waals surface area contributed by atoms with Crippen LogP contribution < -0.4 is 0 Å². The Morgan fingerprint density at radius 2 is 1.56 bits per heavy atom. The number of carbonyl (C=O) groups excluding carboxylic acids is 2. The van der Waals surface area contributed by atoms with Crippen molar-refractivity contribution in [1.82, 2.24) is 5.06 Å². The first-order valence-corrected chi connectivity index (χ1v) is 9.24. The van der Waals surface area contributed by atoms with Crippen LogP contribution in [-0.4, -0.2) is 35.1 Å². The topological polar surface area (TPSA) is 65.1 Å². The summed E-state index contributed by atoms with van der Waals surface area (Å²) in [5, 5.41) is 0.935. The highest BCUT2D eigenvalue weighted by molar-refractivity contribution is 5.70. The van der Waals surface area contributed by atoms with E-state index >= 15 is 0 Å². The summed E-state index contributed by atoms with van der Waals surface area (Å²) in [6, 6.07) is 6.27. The third-order valence-electron chi connectivity index (χ3n) is 3.48. The number of hydroxylamine groups is 2. The molecule has 6 nitrogen and oxygen atoms in total. The Bertz CT molecular complexity index is 656. The Labute approximate surface area is 162 Å². The molecule has 1 amide bonds. The zero-order valence-electron chi connectivity index (χ0n) is 17.8. The highest BCUT2D eigenvalue weighted by atomic mass is 16.8. The number of aryl methyl sites for hydroxylation is 3. The zero-order chi connectivity index (χ0) is 20.8. The van der Waals surface area contributed by atoms with E-state index in [9.17, 15) is 9.59 Å². The summed E-state index contributed by atoms with van der Waals surface area (Å²) in [5.74, 6) is 0. The van der Waals surface area contributed by atoms with Crippen molar-refractivity contribution in [3.63, 3.8) is 0 Å². The summed E-state index contributed by atoms with van der Waals surface area (Å²) in [6.07, 6.45) is -0.272. The van der Waals surface area contributed by atoms with E-state index in [1.165, 1.54) is 16.7 Å². The van der Waals surface area contributed by atoms with E-state index in [4.69, 9.17) is 14.3 Å². The van der Waals surface area contributed by atoms with Crippen molar-refractivity contribution < 1.29 is 23.9 Å². The number of ether oxygens (including phenoxy) is 2. The van der Waals surface area contributed by atoms with E-state index in [1.807, 2.05) is 6.92 Å². The maximum absolute atomic E-state index is 12.4. The van der Waals surface area contributed by atoms with Crippen molar-refractivity contribution in [3.8, 4) is 0 Å². The van der Waals surface area contributed by atoms with Crippen LogP contribution in [0.1, 0.15) is 64.7 Å². The molecule has 0 aromatic heterocycles. The van der Waals surface area contributed by atoms with E-state index in [0.717, 1.165) is 11.5 Å². The lowest BCUT2D eigenvalue weighted by atomic mass is 10.0. The fourth-order valence-electron chi connectivity index (χ4n) is 2.33. The Balaban J connectivity index is 2.76. The quantitative estimate of drug-likeness (QED) is 0.522. The van der Waals surface area contributed by atoms with Gasteiger partial charge in [0, 0.05) is 0 Å². The predicted octanol–water partition coefficient (Wildman–Crippen LogP) is 5.34. The minimum atomic E-state index is -0.930. The lowest BCUT2D eigenvalue weighted by Gasteiger charge is -2.27. The second-order valence-corrected chi connectivity index (χ2v) is 8.67. The van der Waals surface area contributed by atoms with E-state index in [2.05, 4.69) is 25.1 Å². The monoisotopic (exact) mass is 379 g/mol. The second kappa shape index (κ2) is 9.11. The number of carbonyl (C=O) groups is 2. The molecule has 1 rings (SSSR count). The predicted molar refractivity (Wildman–Crippen MR) is 104 cm³/mol. The van der Waals surface area contributed by atoms with Gasteiger partial charge in [0.25, 0.3) is 0 Å². The van der Waals surface area contributed by atoms with Gasteiger partial charge >= 0.3 is 12.2 Å². The lowest BCUT2D eigenvalue weighted by molar-refractivity contribution is -0.136. The van der Waals surface area contributed by atoms with Crippen LogP contribution in [0, 0.1) is 13.8 Å². The summed E-state index contributed by atoms with van der Waals surface area (Å²) >= 11 is 0. The molecule has 0 fully saturated rings. The molecule has 0 atom stereocenters. The summed E-state index contributed by atoms with van der Waals surface area (Å²) in [7, 11) is 0. The number of hydrogen-bond donors (Lipinski definition) is 0. The summed E-state index contributed by atoms with van der Waals surface area (Å²) in [6.45, 7) is 14.8. The normalized spacial score (nSPS) is 11.7. The molecule has 152 valence electrons. The minimum absolute atomic E-state index is 0.210.